The number of benzene rings is 1. The van der Waals surface area contributed by atoms with Gasteiger partial charge < -0.3 is 10.1 Å². The van der Waals surface area contributed by atoms with Gasteiger partial charge in [-0.2, -0.15) is 0 Å². The number of ether oxygens (including phenoxy) is 1. The molecule has 1 saturated heterocycles. The number of piperazine rings is 1. The van der Waals surface area contributed by atoms with E-state index >= 15 is 0 Å². The molecular formula is C16H26N2O. The second-order valence-electron chi connectivity index (χ2n) is 5.79. The van der Waals surface area contributed by atoms with Gasteiger partial charge in [0.25, 0.3) is 0 Å². The van der Waals surface area contributed by atoms with Crippen molar-refractivity contribution in [1.82, 2.24) is 10.2 Å². The van der Waals surface area contributed by atoms with Gasteiger partial charge in [-0.15, -0.1) is 0 Å². The molecule has 0 amide bonds. The van der Waals surface area contributed by atoms with E-state index in [9.17, 15) is 0 Å². The maximum Gasteiger partial charge on any atom is 0.122 e. The predicted molar refractivity (Wildman–Crippen MR) is 79.8 cm³/mol. The Balaban J connectivity index is 2.02. The minimum absolute atomic E-state index is 0.545. The molecule has 3 atom stereocenters. The van der Waals surface area contributed by atoms with Crippen LogP contribution in [-0.2, 0) is 6.42 Å². The molecule has 3 heteroatoms. The molecule has 0 aliphatic carbocycles. The highest BCUT2D eigenvalue weighted by atomic mass is 16.5. The van der Waals surface area contributed by atoms with E-state index in [2.05, 4.69) is 43.1 Å². The first-order valence-corrected chi connectivity index (χ1v) is 7.22. The molecule has 0 saturated carbocycles. The molecule has 1 N–H and O–H groups in total. The Hall–Kier alpha value is -1.06. The van der Waals surface area contributed by atoms with Crippen LogP contribution < -0.4 is 10.1 Å². The zero-order chi connectivity index (χ0) is 13.8. The molecule has 1 aromatic carbocycles. The largest absolute Gasteiger partial charge is 0.496 e. The molecule has 0 radical (unpaired) electrons. The van der Waals surface area contributed by atoms with Crippen molar-refractivity contribution < 1.29 is 4.74 Å². The molecule has 1 fully saturated rings. The highest BCUT2D eigenvalue weighted by Crippen LogP contribution is 2.21. The Morgan fingerprint density at radius 1 is 1.26 bits per heavy atom. The topological polar surface area (TPSA) is 24.5 Å². The van der Waals surface area contributed by atoms with Crippen LogP contribution in [0.2, 0.25) is 0 Å². The van der Waals surface area contributed by atoms with Gasteiger partial charge in [-0.1, -0.05) is 18.2 Å². The number of nitrogens with zero attached hydrogens (tertiary/aromatic N) is 1. The van der Waals surface area contributed by atoms with E-state index < -0.39 is 0 Å². The van der Waals surface area contributed by atoms with E-state index in [-0.39, 0.29) is 0 Å². The van der Waals surface area contributed by atoms with Gasteiger partial charge in [0.1, 0.15) is 5.75 Å². The summed E-state index contributed by atoms with van der Waals surface area (Å²) in [4.78, 5) is 2.58. The molecule has 106 valence electrons. The lowest BCUT2D eigenvalue weighted by atomic mass is 10.0. The zero-order valence-corrected chi connectivity index (χ0v) is 12.5. The fourth-order valence-electron chi connectivity index (χ4n) is 3.05. The molecule has 1 heterocycles. The number of hydrogen-bond donors (Lipinski definition) is 1. The molecular weight excluding hydrogens is 236 g/mol. The van der Waals surface area contributed by atoms with E-state index in [1.54, 1.807) is 7.11 Å². The summed E-state index contributed by atoms with van der Waals surface area (Å²) < 4.78 is 5.44. The standard InChI is InChI=1S/C16H26N2O/c1-12-10-18(11-13(2)17-12)14(3)9-15-7-5-6-8-16(15)19-4/h5-8,12-14,17H,9-11H2,1-4H3. The summed E-state index contributed by atoms with van der Waals surface area (Å²) in [5.74, 6) is 1.01. The number of nitrogens with one attached hydrogen (secondary N) is 1. The van der Waals surface area contributed by atoms with Gasteiger partial charge in [0, 0.05) is 31.2 Å². The van der Waals surface area contributed by atoms with Crippen LogP contribution in [0.4, 0.5) is 0 Å². The quantitative estimate of drug-likeness (QED) is 0.901. The maximum atomic E-state index is 5.44. The maximum absolute atomic E-state index is 5.44. The summed E-state index contributed by atoms with van der Waals surface area (Å²) in [6.07, 6.45) is 1.05. The summed E-state index contributed by atoms with van der Waals surface area (Å²) in [6, 6.07) is 10.0. The van der Waals surface area contributed by atoms with Gasteiger partial charge >= 0.3 is 0 Å². The van der Waals surface area contributed by atoms with Gasteiger partial charge in [0.2, 0.25) is 0 Å². The molecule has 2 rings (SSSR count). The first-order valence-electron chi connectivity index (χ1n) is 7.22. The molecule has 0 bridgehead atoms. The van der Waals surface area contributed by atoms with Crippen molar-refractivity contribution in [3.63, 3.8) is 0 Å². The molecule has 1 aliphatic heterocycles. The second kappa shape index (κ2) is 6.40. The SMILES string of the molecule is COc1ccccc1CC(C)N1CC(C)NC(C)C1. The average molecular weight is 262 g/mol. The normalized spacial score (nSPS) is 26.1. The fraction of sp³-hybridized carbons (Fsp3) is 0.625. The summed E-state index contributed by atoms with van der Waals surface area (Å²) in [5, 5.41) is 3.58. The van der Waals surface area contributed by atoms with Crippen LogP contribution in [0.1, 0.15) is 26.3 Å². The van der Waals surface area contributed by atoms with E-state index in [4.69, 9.17) is 4.74 Å². The van der Waals surface area contributed by atoms with Crippen molar-refractivity contribution in [2.45, 2.75) is 45.3 Å². The third-order valence-electron chi connectivity index (χ3n) is 3.92. The molecule has 1 aromatic rings. The first kappa shape index (κ1) is 14.4. The summed E-state index contributed by atoms with van der Waals surface area (Å²) in [5.41, 5.74) is 1.30. The van der Waals surface area contributed by atoms with Gasteiger partial charge in [0.05, 0.1) is 7.11 Å². The highest BCUT2D eigenvalue weighted by molar-refractivity contribution is 5.33. The monoisotopic (exact) mass is 262 g/mol. The van der Waals surface area contributed by atoms with Crippen LogP contribution >= 0.6 is 0 Å². The highest BCUT2D eigenvalue weighted by Gasteiger charge is 2.25. The van der Waals surface area contributed by atoms with E-state index in [0.29, 0.717) is 18.1 Å². The molecule has 1 aliphatic rings. The summed E-state index contributed by atoms with van der Waals surface area (Å²) >= 11 is 0. The lowest BCUT2D eigenvalue weighted by molar-refractivity contribution is 0.130. The van der Waals surface area contributed by atoms with Crippen LogP contribution in [-0.4, -0.2) is 43.2 Å². The Morgan fingerprint density at radius 2 is 1.89 bits per heavy atom. The minimum atomic E-state index is 0.545. The van der Waals surface area contributed by atoms with Crippen LogP contribution in [0.15, 0.2) is 24.3 Å². The Morgan fingerprint density at radius 3 is 2.53 bits per heavy atom. The molecule has 3 unspecified atom stereocenters. The Labute approximate surface area is 116 Å². The molecule has 19 heavy (non-hydrogen) atoms. The van der Waals surface area contributed by atoms with Crippen molar-refractivity contribution >= 4 is 0 Å². The third-order valence-corrected chi connectivity index (χ3v) is 3.92. The van der Waals surface area contributed by atoms with Crippen molar-refractivity contribution in [2.24, 2.45) is 0 Å². The molecule has 0 spiro atoms. The average Bonchev–Trinajstić information content (AvgIpc) is 2.38. The van der Waals surface area contributed by atoms with E-state index in [0.717, 1.165) is 25.3 Å². The van der Waals surface area contributed by atoms with E-state index in [1.165, 1.54) is 5.56 Å². The third kappa shape index (κ3) is 3.71. The van der Waals surface area contributed by atoms with Crippen molar-refractivity contribution in [3.05, 3.63) is 29.8 Å². The van der Waals surface area contributed by atoms with Gasteiger partial charge in [0.15, 0.2) is 0 Å². The Bertz CT molecular complexity index is 397. The lowest BCUT2D eigenvalue weighted by Gasteiger charge is -2.39. The van der Waals surface area contributed by atoms with Crippen molar-refractivity contribution in [3.8, 4) is 5.75 Å². The van der Waals surface area contributed by atoms with Crippen LogP contribution in [0.3, 0.4) is 0 Å². The zero-order valence-electron chi connectivity index (χ0n) is 12.5. The van der Waals surface area contributed by atoms with Gasteiger partial charge in [-0.3, -0.25) is 4.90 Å². The van der Waals surface area contributed by atoms with Crippen molar-refractivity contribution in [1.29, 1.82) is 0 Å². The number of para-hydroxylation sites is 1. The summed E-state index contributed by atoms with van der Waals surface area (Å²) in [6.45, 7) is 9.09. The number of hydrogen-bond acceptors (Lipinski definition) is 3. The fourth-order valence-corrected chi connectivity index (χ4v) is 3.05. The number of rotatable bonds is 4. The predicted octanol–water partition coefficient (Wildman–Crippen LogP) is 2.31. The van der Waals surface area contributed by atoms with Crippen LogP contribution in [0, 0.1) is 0 Å². The number of methoxy groups -OCH3 is 1. The smallest absolute Gasteiger partial charge is 0.122 e. The summed E-state index contributed by atoms with van der Waals surface area (Å²) in [7, 11) is 1.75. The second-order valence-corrected chi connectivity index (χ2v) is 5.79. The lowest BCUT2D eigenvalue weighted by Crippen LogP contribution is -2.56. The van der Waals surface area contributed by atoms with Crippen molar-refractivity contribution in [2.75, 3.05) is 20.2 Å². The van der Waals surface area contributed by atoms with E-state index in [1.807, 2.05) is 12.1 Å². The van der Waals surface area contributed by atoms with Crippen LogP contribution in [0.5, 0.6) is 5.75 Å². The Kier molecular flexibility index (Phi) is 4.83. The van der Waals surface area contributed by atoms with Crippen LogP contribution in [0.25, 0.3) is 0 Å². The van der Waals surface area contributed by atoms with Gasteiger partial charge in [-0.25, -0.2) is 0 Å². The molecule has 3 nitrogen and oxygen atoms in total. The minimum Gasteiger partial charge on any atom is -0.496 e. The first-order chi connectivity index (χ1) is 9.10. The van der Waals surface area contributed by atoms with Gasteiger partial charge in [-0.05, 0) is 38.8 Å². The molecule has 0 aromatic heterocycles.